The summed E-state index contributed by atoms with van der Waals surface area (Å²) < 4.78 is 75.0. The van der Waals surface area contributed by atoms with Crippen LogP contribution in [0.25, 0.3) is 5.65 Å². The number of nitrogens with zero attached hydrogens (tertiary/aromatic N) is 6. The highest BCUT2D eigenvalue weighted by molar-refractivity contribution is 5.93. The molecule has 5 rings (SSSR count). The van der Waals surface area contributed by atoms with Gasteiger partial charge in [0.15, 0.2) is 17.0 Å². The van der Waals surface area contributed by atoms with E-state index in [4.69, 9.17) is 0 Å². The number of amides is 3. The molecule has 3 amide bonds. The molecule has 3 aromatic heterocycles. The number of fused-ring (bicyclic) bond motifs is 1. The molecule has 2 aliphatic rings. The van der Waals surface area contributed by atoms with Gasteiger partial charge in [-0.25, -0.2) is 40.9 Å². The lowest BCUT2D eigenvalue weighted by Gasteiger charge is -2.32. The molecular formula is C25H33F5N8O4. The number of rotatable bonds is 6. The average Bonchev–Trinajstić information content (AvgIpc) is 3.57. The maximum atomic E-state index is 13.5. The van der Waals surface area contributed by atoms with Crippen molar-refractivity contribution in [1.82, 2.24) is 40.4 Å². The zero-order chi connectivity index (χ0) is 30.9. The molecule has 1 saturated carbocycles. The fourth-order valence-electron chi connectivity index (χ4n) is 4.15. The van der Waals surface area contributed by atoms with Crippen molar-refractivity contribution < 1.29 is 40.9 Å². The summed E-state index contributed by atoms with van der Waals surface area (Å²) >= 11 is 0. The van der Waals surface area contributed by atoms with Crippen LogP contribution in [0, 0.1) is 0 Å². The molecule has 12 nitrogen and oxygen atoms in total. The molecule has 0 aromatic carbocycles. The molecule has 1 atom stereocenters. The van der Waals surface area contributed by atoms with Gasteiger partial charge in [0.2, 0.25) is 5.92 Å². The second kappa shape index (κ2) is 14.3. The number of ether oxygens (including phenoxy) is 1. The summed E-state index contributed by atoms with van der Waals surface area (Å²) in [5, 5.41) is 15.6. The van der Waals surface area contributed by atoms with Gasteiger partial charge >= 0.3 is 6.03 Å². The highest BCUT2D eigenvalue weighted by Gasteiger charge is 2.38. The third kappa shape index (κ3) is 9.32. The van der Waals surface area contributed by atoms with E-state index in [0.717, 1.165) is 11.3 Å². The van der Waals surface area contributed by atoms with Gasteiger partial charge in [-0.05, 0) is 36.6 Å². The third-order valence-electron chi connectivity index (χ3n) is 6.13. The number of hydrogen-bond donors (Lipinski definition) is 2. The Labute approximate surface area is 237 Å². The minimum atomic E-state index is -3.01. The second-order valence-electron chi connectivity index (χ2n) is 9.89. The summed E-state index contributed by atoms with van der Waals surface area (Å²) in [6, 6.07) is 1.02. The van der Waals surface area contributed by atoms with Crippen LogP contribution in [-0.2, 0) is 17.8 Å². The number of imidazole rings is 1. The zero-order valence-electron chi connectivity index (χ0n) is 23.4. The summed E-state index contributed by atoms with van der Waals surface area (Å²) in [6.07, 6.45) is 4.13. The van der Waals surface area contributed by atoms with E-state index in [1.807, 2.05) is 0 Å². The number of carbonyl (C=O) groups is 2. The van der Waals surface area contributed by atoms with E-state index in [1.165, 1.54) is 17.6 Å². The van der Waals surface area contributed by atoms with Gasteiger partial charge in [0.25, 0.3) is 11.8 Å². The lowest BCUT2D eigenvalue weighted by atomic mass is 9.97. The van der Waals surface area contributed by atoms with Gasteiger partial charge < -0.3 is 20.3 Å². The topological polar surface area (TPSA) is 140 Å². The van der Waals surface area contributed by atoms with Crippen LogP contribution in [0.3, 0.4) is 0 Å². The normalized spacial score (nSPS) is 18.2. The summed E-state index contributed by atoms with van der Waals surface area (Å²) in [5.41, 5.74) is 0.886. The molecule has 2 N–H and O–H groups in total. The van der Waals surface area contributed by atoms with E-state index in [1.54, 1.807) is 26.5 Å². The standard InChI is InChI=1S/C17H17F3N8O3.C6H10F2.C2H6O/c1-9(18)13-14(26-31-25-13)15(29)21-4-11-6-28-12(24-11)2-10(3-23-28)5-27-8-17(19,20)7-22-16(27)30;7-6(8)4-2-1-3-5-6;1-3-2/h2-3,6,9H,4-5,7-8H2,1H3,(H,21,29)(H,22,30);1-5H2;1-2H3. The first-order chi connectivity index (χ1) is 19.8. The first-order valence-electron chi connectivity index (χ1n) is 13.1. The molecule has 1 unspecified atom stereocenters. The summed E-state index contributed by atoms with van der Waals surface area (Å²) in [6.45, 7) is -0.244. The van der Waals surface area contributed by atoms with E-state index < -0.39 is 43.0 Å². The van der Waals surface area contributed by atoms with E-state index in [-0.39, 0.29) is 37.3 Å². The Morgan fingerprint density at radius 2 is 1.86 bits per heavy atom. The van der Waals surface area contributed by atoms with Crippen LogP contribution in [-0.4, -0.2) is 80.9 Å². The van der Waals surface area contributed by atoms with Gasteiger partial charge in [0.1, 0.15) is 6.17 Å². The van der Waals surface area contributed by atoms with E-state index in [9.17, 15) is 31.5 Å². The molecule has 1 aliphatic carbocycles. The Morgan fingerprint density at radius 3 is 2.48 bits per heavy atom. The Kier molecular flexibility index (Phi) is 11.1. The Morgan fingerprint density at radius 1 is 1.17 bits per heavy atom. The molecular weight excluding hydrogens is 571 g/mol. The predicted molar refractivity (Wildman–Crippen MR) is 138 cm³/mol. The minimum absolute atomic E-state index is 0.00868. The molecule has 17 heteroatoms. The lowest BCUT2D eigenvalue weighted by Crippen LogP contribution is -2.56. The summed E-state index contributed by atoms with van der Waals surface area (Å²) in [7, 11) is 3.25. The highest BCUT2D eigenvalue weighted by atomic mass is 19.3. The number of alkyl halides is 5. The quantitative estimate of drug-likeness (QED) is 0.402. The number of urea groups is 1. The third-order valence-corrected chi connectivity index (χ3v) is 6.13. The van der Waals surface area contributed by atoms with Crippen molar-refractivity contribution in [2.75, 3.05) is 27.3 Å². The van der Waals surface area contributed by atoms with Crippen molar-refractivity contribution in [2.24, 2.45) is 0 Å². The number of nitrogens with one attached hydrogen (secondary N) is 2. The van der Waals surface area contributed by atoms with Crippen molar-refractivity contribution in [3.63, 3.8) is 0 Å². The Hall–Kier alpha value is -3.89. The Bertz CT molecular complexity index is 1330. The van der Waals surface area contributed by atoms with Crippen LogP contribution in [0.5, 0.6) is 0 Å². The summed E-state index contributed by atoms with van der Waals surface area (Å²) in [5.74, 6) is -6.01. The average molecular weight is 605 g/mol. The van der Waals surface area contributed by atoms with Crippen LogP contribution < -0.4 is 10.6 Å². The maximum Gasteiger partial charge on any atom is 0.318 e. The lowest BCUT2D eigenvalue weighted by molar-refractivity contribution is -0.0368. The number of aromatic nitrogens is 5. The minimum Gasteiger partial charge on any atom is -0.388 e. The number of hydrogen-bond acceptors (Lipinski definition) is 8. The van der Waals surface area contributed by atoms with Gasteiger partial charge in [-0.3, -0.25) is 4.79 Å². The number of methoxy groups -OCH3 is 1. The smallest absolute Gasteiger partial charge is 0.318 e. The molecule has 4 heterocycles. The van der Waals surface area contributed by atoms with Crippen molar-refractivity contribution in [3.05, 3.63) is 41.1 Å². The van der Waals surface area contributed by atoms with Gasteiger partial charge in [-0.1, -0.05) is 11.6 Å². The van der Waals surface area contributed by atoms with E-state index in [2.05, 4.69) is 40.4 Å². The molecule has 1 aliphatic heterocycles. The monoisotopic (exact) mass is 604 g/mol. The van der Waals surface area contributed by atoms with Gasteiger partial charge in [0, 0.05) is 33.6 Å². The summed E-state index contributed by atoms with van der Waals surface area (Å²) in [4.78, 5) is 29.3. The molecule has 3 aromatic rings. The van der Waals surface area contributed by atoms with Crippen molar-refractivity contribution >= 4 is 17.6 Å². The maximum absolute atomic E-state index is 13.5. The molecule has 0 bridgehead atoms. The van der Waals surface area contributed by atoms with Crippen LogP contribution in [0.2, 0.25) is 0 Å². The number of halogens is 5. The van der Waals surface area contributed by atoms with Crippen molar-refractivity contribution in [1.29, 1.82) is 0 Å². The van der Waals surface area contributed by atoms with Crippen molar-refractivity contribution in [2.45, 2.75) is 70.1 Å². The van der Waals surface area contributed by atoms with Gasteiger partial charge in [0.05, 0.1) is 37.7 Å². The van der Waals surface area contributed by atoms with E-state index in [0.29, 0.717) is 29.7 Å². The molecule has 0 spiro atoms. The van der Waals surface area contributed by atoms with Gasteiger partial charge in [-0.15, -0.1) is 0 Å². The molecule has 2 fully saturated rings. The molecule has 0 radical (unpaired) electrons. The largest absolute Gasteiger partial charge is 0.388 e. The van der Waals surface area contributed by atoms with Gasteiger partial charge in [-0.2, -0.15) is 5.10 Å². The van der Waals surface area contributed by atoms with Crippen LogP contribution >= 0.6 is 0 Å². The van der Waals surface area contributed by atoms with Crippen LogP contribution in [0.1, 0.15) is 72.6 Å². The first-order valence-corrected chi connectivity index (χ1v) is 13.1. The van der Waals surface area contributed by atoms with Crippen molar-refractivity contribution in [3.8, 4) is 0 Å². The van der Waals surface area contributed by atoms with E-state index >= 15 is 0 Å². The first kappa shape index (κ1) is 32.6. The Balaban J connectivity index is 0.000000372. The number of carbonyl (C=O) groups excluding carboxylic acids is 2. The SMILES string of the molecule is CC(F)c1nonc1C(=O)NCc1cn2ncc(CN3CC(F)(F)CNC3=O)cc2n1.COC.FC1(F)CCCCC1. The predicted octanol–water partition coefficient (Wildman–Crippen LogP) is 4.08. The molecule has 42 heavy (non-hydrogen) atoms. The molecule has 232 valence electrons. The fourth-order valence-corrected chi connectivity index (χ4v) is 4.15. The van der Waals surface area contributed by atoms with Crippen LogP contribution in [0.15, 0.2) is 23.1 Å². The zero-order valence-corrected chi connectivity index (χ0v) is 23.4. The fraction of sp³-hybridized carbons (Fsp3) is 0.600. The second-order valence-corrected chi connectivity index (χ2v) is 9.89. The highest BCUT2D eigenvalue weighted by Crippen LogP contribution is 2.32. The van der Waals surface area contributed by atoms with Crippen LogP contribution in [0.4, 0.5) is 26.7 Å². The molecule has 1 saturated heterocycles.